The maximum atomic E-state index is 11.4. The summed E-state index contributed by atoms with van der Waals surface area (Å²) in [5.74, 6) is -0.991. The zero-order chi connectivity index (χ0) is 10.7. The molecule has 0 aromatic carbocycles. The van der Waals surface area contributed by atoms with Gasteiger partial charge in [0.25, 0.3) is 5.91 Å². The Balaban J connectivity index is 2.69. The van der Waals surface area contributed by atoms with E-state index in [1.165, 1.54) is 19.3 Å². The SMILES string of the molecule is CC(NC(=O)c1ccoc1Br)C(N)=O. The van der Waals surface area contributed by atoms with Crippen molar-refractivity contribution in [2.45, 2.75) is 13.0 Å². The molecular weight excluding hydrogens is 252 g/mol. The molecule has 0 aliphatic heterocycles. The second-order valence-corrected chi connectivity index (χ2v) is 3.43. The Hall–Kier alpha value is -1.30. The third kappa shape index (κ3) is 2.35. The second kappa shape index (κ2) is 4.28. The molecule has 1 rings (SSSR count). The minimum atomic E-state index is -0.704. The molecule has 76 valence electrons. The number of amides is 2. The minimum Gasteiger partial charge on any atom is -0.457 e. The van der Waals surface area contributed by atoms with Crippen molar-refractivity contribution in [3.63, 3.8) is 0 Å². The van der Waals surface area contributed by atoms with Crippen LogP contribution in [0.2, 0.25) is 0 Å². The Morgan fingerprint density at radius 1 is 1.64 bits per heavy atom. The first kappa shape index (κ1) is 10.8. The van der Waals surface area contributed by atoms with E-state index in [2.05, 4.69) is 21.2 Å². The molecule has 14 heavy (non-hydrogen) atoms. The monoisotopic (exact) mass is 260 g/mol. The molecule has 0 radical (unpaired) electrons. The summed E-state index contributed by atoms with van der Waals surface area (Å²) < 4.78 is 5.19. The first-order valence-electron chi connectivity index (χ1n) is 3.85. The summed E-state index contributed by atoms with van der Waals surface area (Å²) in [6.45, 7) is 1.51. The van der Waals surface area contributed by atoms with E-state index in [1.54, 1.807) is 0 Å². The van der Waals surface area contributed by atoms with Crippen LogP contribution in [0.3, 0.4) is 0 Å². The third-order valence-electron chi connectivity index (χ3n) is 1.64. The van der Waals surface area contributed by atoms with Gasteiger partial charge in [0.15, 0.2) is 4.67 Å². The van der Waals surface area contributed by atoms with Crippen molar-refractivity contribution in [2.24, 2.45) is 5.73 Å². The van der Waals surface area contributed by atoms with E-state index in [-0.39, 0.29) is 0 Å². The second-order valence-electron chi connectivity index (χ2n) is 2.71. The Kier molecular flexibility index (Phi) is 3.29. The average Bonchev–Trinajstić information content (AvgIpc) is 2.51. The van der Waals surface area contributed by atoms with Gasteiger partial charge in [0.1, 0.15) is 6.04 Å². The number of carbonyl (C=O) groups is 2. The number of hydrogen-bond acceptors (Lipinski definition) is 3. The van der Waals surface area contributed by atoms with Crippen LogP contribution in [0, 0.1) is 0 Å². The molecule has 1 heterocycles. The van der Waals surface area contributed by atoms with Gasteiger partial charge in [0.2, 0.25) is 5.91 Å². The van der Waals surface area contributed by atoms with E-state index in [9.17, 15) is 9.59 Å². The lowest BCUT2D eigenvalue weighted by Gasteiger charge is -2.08. The quantitative estimate of drug-likeness (QED) is 0.837. The Bertz CT molecular complexity index is 361. The fraction of sp³-hybridized carbons (Fsp3) is 0.250. The highest BCUT2D eigenvalue weighted by molar-refractivity contribution is 9.10. The highest BCUT2D eigenvalue weighted by Crippen LogP contribution is 2.17. The lowest BCUT2D eigenvalue weighted by Crippen LogP contribution is -2.42. The molecule has 0 aliphatic carbocycles. The summed E-state index contributed by atoms with van der Waals surface area (Å²) in [4.78, 5) is 22.1. The van der Waals surface area contributed by atoms with Crippen molar-refractivity contribution < 1.29 is 14.0 Å². The van der Waals surface area contributed by atoms with Crippen molar-refractivity contribution in [3.05, 3.63) is 22.6 Å². The van der Waals surface area contributed by atoms with Crippen molar-refractivity contribution in [1.82, 2.24) is 5.32 Å². The van der Waals surface area contributed by atoms with Crippen molar-refractivity contribution in [1.29, 1.82) is 0 Å². The minimum absolute atomic E-state index is 0.326. The topological polar surface area (TPSA) is 85.3 Å². The van der Waals surface area contributed by atoms with Crippen LogP contribution in [0.1, 0.15) is 17.3 Å². The summed E-state index contributed by atoms with van der Waals surface area (Å²) in [5, 5.41) is 2.42. The molecule has 0 bridgehead atoms. The number of nitrogens with one attached hydrogen (secondary N) is 1. The maximum Gasteiger partial charge on any atom is 0.256 e. The molecule has 0 saturated carbocycles. The molecule has 2 amide bonds. The summed E-state index contributed by atoms with van der Waals surface area (Å²) in [6.07, 6.45) is 1.37. The number of nitrogens with two attached hydrogens (primary N) is 1. The van der Waals surface area contributed by atoms with Crippen LogP contribution in [0.15, 0.2) is 21.4 Å². The Morgan fingerprint density at radius 3 is 2.71 bits per heavy atom. The van der Waals surface area contributed by atoms with Gasteiger partial charge < -0.3 is 15.5 Å². The number of hydrogen-bond donors (Lipinski definition) is 2. The maximum absolute atomic E-state index is 11.4. The molecule has 1 atom stereocenters. The number of furan rings is 1. The Morgan fingerprint density at radius 2 is 2.29 bits per heavy atom. The van der Waals surface area contributed by atoms with Gasteiger partial charge in [0, 0.05) is 0 Å². The van der Waals surface area contributed by atoms with E-state index in [0.29, 0.717) is 10.2 Å². The van der Waals surface area contributed by atoms with Gasteiger partial charge in [-0.3, -0.25) is 9.59 Å². The lowest BCUT2D eigenvalue weighted by molar-refractivity contribution is -0.119. The van der Waals surface area contributed by atoms with E-state index >= 15 is 0 Å². The van der Waals surface area contributed by atoms with E-state index < -0.39 is 17.9 Å². The molecular formula is C8H9BrN2O3. The normalized spacial score (nSPS) is 12.1. The largest absolute Gasteiger partial charge is 0.457 e. The van der Waals surface area contributed by atoms with Gasteiger partial charge in [-0.05, 0) is 28.9 Å². The fourth-order valence-electron chi connectivity index (χ4n) is 0.801. The van der Waals surface area contributed by atoms with Crippen LogP contribution >= 0.6 is 15.9 Å². The summed E-state index contributed by atoms with van der Waals surface area (Å²) in [6, 6.07) is 0.789. The third-order valence-corrected chi connectivity index (χ3v) is 2.25. The zero-order valence-electron chi connectivity index (χ0n) is 7.41. The van der Waals surface area contributed by atoms with Gasteiger partial charge in [-0.2, -0.15) is 0 Å². The number of rotatable bonds is 3. The van der Waals surface area contributed by atoms with Crippen molar-refractivity contribution in [3.8, 4) is 0 Å². The van der Waals surface area contributed by atoms with Crippen LogP contribution in [-0.4, -0.2) is 17.9 Å². The van der Waals surface area contributed by atoms with Crippen molar-refractivity contribution in [2.75, 3.05) is 0 Å². The molecule has 6 heteroatoms. The molecule has 0 saturated heterocycles. The first-order valence-corrected chi connectivity index (χ1v) is 4.65. The van der Waals surface area contributed by atoms with Crippen LogP contribution in [0.5, 0.6) is 0 Å². The van der Waals surface area contributed by atoms with Gasteiger partial charge in [-0.15, -0.1) is 0 Å². The molecule has 0 spiro atoms. The highest BCUT2D eigenvalue weighted by Gasteiger charge is 2.17. The molecule has 0 aliphatic rings. The standard InChI is InChI=1S/C8H9BrN2O3/c1-4(7(10)12)11-8(13)5-2-3-14-6(5)9/h2-4H,1H3,(H2,10,12)(H,11,13). The number of primary amides is 1. The predicted octanol–water partition coefficient (Wildman–Crippen LogP) is 0.646. The van der Waals surface area contributed by atoms with E-state index in [0.717, 1.165) is 0 Å². The first-order chi connectivity index (χ1) is 6.52. The predicted molar refractivity (Wildman–Crippen MR) is 52.5 cm³/mol. The molecule has 5 nitrogen and oxygen atoms in total. The summed E-state index contributed by atoms with van der Waals surface area (Å²) >= 11 is 3.05. The van der Waals surface area contributed by atoms with Gasteiger partial charge in [-0.25, -0.2) is 0 Å². The van der Waals surface area contributed by atoms with Gasteiger partial charge in [0.05, 0.1) is 11.8 Å². The van der Waals surface area contributed by atoms with Gasteiger partial charge in [-0.1, -0.05) is 0 Å². The van der Waals surface area contributed by atoms with Crippen LogP contribution in [0.25, 0.3) is 0 Å². The summed E-state index contributed by atoms with van der Waals surface area (Å²) in [5.41, 5.74) is 5.32. The summed E-state index contributed by atoms with van der Waals surface area (Å²) in [7, 11) is 0. The number of carbonyl (C=O) groups excluding carboxylic acids is 2. The van der Waals surface area contributed by atoms with E-state index in [4.69, 9.17) is 10.2 Å². The zero-order valence-corrected chi connectivity index (χ0v) is 9.00. The molecule has 3 N–H and O–H groups in total. The lowest BCUT2D eigenvalue weighted by atomic mass is 10.2. The van der Waals surface area contributed by atoms with Crippen molar-refractivity contribution >= 4 is 27.7 Å². The number of halogens is 1. The average molecular weight is 261 g/mol. The molecule has 0 fully saturated rings. The van der Waals surface area contributed by atoms with E-state index in [1.807, 2.05) is 0 Å². The van der Waals surface area contributed by atoms with Gasteiger partial charge >= 0.3 is 0 Å². The Labute approximate surface area is 88.8 Å². The highest BCUT2D eigenvalue weighted by atomic mass is 79.9. The molecule has 1 aromatic heterocycles. The fourth-order valence-corrected chi connectivity index (χ4v) is 1.22. The molecule has 1 unspecified atom stereocenters. The molecule has 1 aromatic rings. The smallest absolute Gasteiger partial charge is 0.256 e. The van der Waals surface area contributed by atoms with Crippen LogP contribution in [-0.2, 0) is 4.79 Å². The van der Waals surface area contributed by atoms with Crippen LogP contribution < -0.4 is 11.1 Å². The van der Waals surface area contributed by atoms with Crippen LogP contribution in [0.4, 0.5) is 0 Å².